The van der Waals surface area contributed by atoms with Crippen molar-refractivity contribution < 1.29 is 14.0 Å². The number of hydrogen-bond acceptors (Lipinski definition) is 6. The van der Waals surface area contributed by atoms with Gasteiger partial charge < -0.3 is 15.5 Å². The van der Waals surface area contributed by atoms with E-state index in [1.807, 2.05) is 23.9 Å². The molecular weight excluding hydrogens is 493 g/mol. The summed E-state index contributed by atoms with van der Waals surface area (Å²) in [5, 5.41) is 5.64. The number of amides is 2. The number of carbonyl (C=O) groups excluding carboxylic acids is 2. The first-order valence-corrected chi connectivity index (χ1v) is 12.1. The number of aromatic nitrogens is 1. The van der Waals surface area contributed by atoms with Gasteiger partial charge in [-0.25, -0.2) is 4.39 Å². The molecule has 4 rings (SSSR count). The molecule has 0 spiro atoms. The number of likely N-dealkylation sites (N-methyl/N-ethyl adjacent to an activating group) is 1. The summed E-state index contributed by atoms with van der Waals surface area (Å²) < 4.78 is 16.5. The predicted molar refractivity (Wildman–Crippen MR) is 135 cm³/mol. The minimum Gasteiger partial charge on any atom is -0.346 e. The summed E-state index contributed by atoms with van der Waals surface area (Å²) in [6.07, 6.45) is 1.55. The smallest absolute Gasteiger partial charge is 0.261 e. The minimum atomic E-state index is -0.640. The third kappa shape index (κ3) is 5.96. The van der Waals surface area contributed by atoms with Gasteiger partial charge in [-0.15, -0.1) is 11.3 Å². The molecule has 2 atom stereocenters. The van der Waals surface area contributed by atoms with Gasteiger partial charge in [0.25, 0.3) is 11.5 Å². The quantitative estimate of drug-likeness (QED) is 0.503. The van der Waals surface area contributed by atoms with E-state index in [0.717, 1.165) is 0 Å². The van der Waals surface area contributed by atoms with Gasteiger partial charge in [0.2, 0.25) is 5.91 Å². The number of nitrogens with zero attached hydrogens (tertiary/aromatic N) is 3. The van der Waals surface area contributed by atoms with E-state index >= 15 is 0 Å². The Kier molecular flexibility index (Phi) is 7.66. The molecule has 3 heterocycles. The zero-order valence-corrected chi connectivity index (χ0v) is 20.8. The van der Waals surface area contributed by atoms with E-state index in [-0.39, 0.29) is 41.7 Å². The molecule has 0 saturated carbocycles. The van der Waals surface area contributed by atoms with Gasteiger partial charge in [-0.1, -0.05) is 17.7 Å². The van der Waals surface area contributed by atoms with Gasteiger partial charge in [-0.3, -0.25) is 23.9 Å². The molecule has 1 aliphatic rings. The molecule has 1 aromatic carbocycles. The van der Waals surface area contributed by atoms with Gasteiger partial charge in [0.1, 0.15) is 5.82 Å². The van der Waals surface area contributed by atoms with E-state index < -0.39 is 5.82 Å². The lowest BCUT2D eigenvalue weighted by Crippen LogP contribution is -2.48. The van der Waals surface area contributed by atoms with Crippen LogP contribution in [0.4, 0.5) is 10.1 Å². The van der Waals surface area contributed by atoms with Gasteiger partial charge in [-0.05, 0) is 44.4 Å². The topological polar surface area (TPSA) is 86.7 Å². The van der Waals surface area contributed by atoms with Crippen molar-refractivity contribution in [1.82, 2.24) is 19.7 Å². The number of hydrogen-bond donors (Lipinski definition) is 2. The van der Waals surface area contributed by atoms with E-state index in [1.54, 1.807) is 36.5 Å². The van der Waals surface area contributed by atoms with Crippen molar-refractivity contribution in [2.45, 2.75) is 12.1 Å². The SMILES string of the molecule is CN(C)C1CN(CC(=O)Nc2ccc(-n3ccccc3=O)cc2F)C[C@@H]1NC(=O)c1ccc(Cl)s1. The summed E-state index contributed by atoms with van der Waals surface area (Å²) in [7, 11) is 3.84. The molecule has 1 fully saturated rings. The average Bonchev–Trinajstić information content (AvgIpc) is 3.41. The molecule has 1 aliphatic heterocycles. The number of benzene rings is 1. The summed E-state index contributed by atoms with van der Waals surface area (Å²) in [4.78, 5) is 41.7. The maximum Gasteiger partial charge on any atom is 0.261 e. The van der Waals surface area contributed by atoms with Crippen LogP contribution in [0.5, 0.6) is 0 Å². The van der Waals surface area contributed by atoms with Gasteiger partial charge >= 0.3 is 0 Å². The minimum absolute atomic E-state index is 0.00221. The van der Waals surface area contributed by atoms with Crippen LogP contribution in [0.3, 0.4) is 0 Å². The molecule has 184 valence electrons. The van der Waals surface area contributed by atoms with Gasteiger partial charge in [-0.2, -0.15) is 0 Å². The second kappa shape index (κ2) is 10.7. The van der Waals surface area contributed by atoms with E-state index in [2.05, 4.69) is 10.6 Å². The number of thiophene rings is 1. The van der Waals surface area contributed by atoms with Crippen LogP contribution in [0.2, 0.25) is 4.34 Å². The molecule has 1 saturated heterocycles. The molecular formula is C24H25ClFN5O3S. The molecule has 3 aromatic rings. The van der Waals surface area contributed by atoms with E-state index in [9.17, 15) is 18.8 Å². The molecule has 1 unspecified atom stereocenters. The summed E-state index contributed by atoms with van der Waals surface area (Å²) in [5.41, 5.74) is 0.118. The van der Waals surface area contributed by atoms with E-state index in [0.29, 0.717) is 28.0 Å². The average molecular weight is 518 g/mol. The lowest BCUT2D eigenvalue weighted by atomic mass is 10.1. The van der Waals surface area contributed by atoms with Crippen LogP contribution in [0.25, 0.3) is 5.69 Å². The summed E-state index contributed by atoms with van der Waals surface area (Å²) in [6.45, 7) is 1.08. The second-order valence-corrected chi connectivity index (χ2v) is 10.2. The maximum atomic E-state index is 14.7. The normalized spacial score (nSPS) is 18.1. The summed E-state index contributed by atoms with van der Waals surface area (Å²) in [6, 6.07) is 12.1. The molecule has 11 heteroatoms. The van der Waals surface area contributed by atoms with Crippen molar-refractivity contribution in [3.05, 3.63) is 80.1 Å². The Morgan fingerprint density at radius 3 is 2.63 bits per heavy atom. The number of pyridine rings is 1. The fraction of sp³-hybridized carbons (Fsp3) is 0.292. The summed E-state index contributed by atoms with van der Waals surface area (Å²) >= 11 is 7.15. The molecule has 8 nitrogen and oxygen atoms in total. The lowest BCUT2D eigenvalue weighted by molar-refractivity contribution is -0.117. The Labute approximate surface area is 210 Å². The third-order valence-corrected chi connectivity index (χ3v) is 7.07. The fourth-order valence-corrected chi connectivity index (χ4v) is 5.07. The zero-order chi connectivity index (χ0) is 25.1. The fourth-order valence-electron chi connectivity index (χ4n) is 4.12. The number of rotatable bonds is 7. The largest absolute Gasteiger partial charge is 0.346 e. The molecule has 0 radical (unpaired) electrons. The molecule has 35 heavy (non-hydrogen) atoms. The number of likely N-dealkylation sites (tertiary alicyclic amines) is 1. The van der Waals surface area contributed by atoms with Crippen molar-refractivity contribution in [2.24, 2.45) is 0 Å². The molecule has 0 aliphatic carbocycles. The zero-order valence-electron chi connectivity index (χ0n) is 19.2. The highest BCUT2D eigenvalue weighted by Crippen LogP contribution is 2.23. The number of halogens is 2. The molecule has 2 amide bonds. The Morgan fingerprint density at radius 2 is 1.97 bits per heavy atom. The van der Waals surface area contributed by atoms with E-state index in [1.165, 1.54) is 34.1 Å². The van der Waals surface area contributed by atoms with Crippen LogP contribution in [0, 0.1) is 5.82 Å². The summed E-state index contributed by atoms with van der Waals surface area (Å²) in [5.74, 6) is -1.22. The predicted octanol–water partition coefficient (Wildman–Crippen LogP) is 2.67. The standard InChI is InChI=1S/C24H25ClFN5O3S/c1-29(2)19-13-30(12-18(19)28-24(34)20-8-9-21(25)35-20)14-22(32)27-17-7-6-15(11-16(17)26)31-10-4-3-5-23(31)33/h3-11,18-19H,12-14H2,1-2H3,(H,27,32)(H,28,34)/t18-,19?/m0/s1. The van der Waals surface area contributed by atoms with Crippen molar-refractivity contribution in [2.75, 3.05) is 39.0 Å². The van der Waals surface area contributed by atoms with Crippen molar-refractivity contribution in [1.29, 1.82) is 0 Å². The van der Waals surface area contributed by atoms with Gasteiger partial charge in [0.05, 0.1) is 33.2 Å². The highest BCUT2D eigenvalue weighted by molar-refractivity contribution is 7.18. The molecule has 2 N–H and O–H groups in total. The molecule has 0 bridgehead atoms. The number of nitrogens with one attached hydrogen (secondary N) is 2. The Hall–Kier alpha value is -3.05. The van der Waals surface area contributed by atoms with Gasteiger partial charge in [0, 0.05) is 37.5 Å². The number of anilines is 1. The Balaban J connectivity index is 1.38. The first-order valence-electron chi connectivity index (χ1n) is 10.9. The van der Waals surface area contributed by atoms with Crippen LogP contribution in [-0.4, -0.2) is 72.0 Å². The number of carbonyl (C=O) groups is 2. The van der Waals surface area contributed by atoms with Crippen LogP contribution in [0.15, 0.2) is 59.5 Å². The van der Waals surface area contributed by atoms with Gasteiger partial charge in [0.15, 0.2) is 0 Å². The lowest BCUT2D eigenvalue weighted by Gasteiger charge is -2.25. The van der Waals surface area contributed by atoms with E-state index in [4.69, 9.17) is 11.6 Å². The monoisotopic (exact) mass is 517 g/mol. The second-order valence-electron chi connectivity index (χ2n) is 8.53. The Morgan fingerprint density at radius 1 is 1.17 bits per heavy atom. The third-order valence-electron chi connectivity index (χ3n) is 5.84. The Bertz CT molecular complexity index is 1290. The van der Waals surface area contributed by atoms with Crippen LogP contribution >= 0.6 is 22.9 Å². The van der Waals surface area contributed by atoms with Crippen LogP contribution in [0.1, 0.15) is 9.67 Å². The highest BCUT2D eigenvalue weighted by atomic mass is 35.5. The molecule has 2 aromatic heterocycles. The first-order chi connectivity index (χ1) is 16.7. The van der Waals surface area contributed by atoms with Crippen molar-refractivity contribution in [3.63, 3.8) is 0 Å². The van der Waals surface area contributed by atoms with Crippen molar-refractivity contribution >= 4 is 40.4 Å². The van der Waals surface area contributed by atoms with Crippen LogP contribution < -0.4 is 16.2 Å². The highest BCUT2D eigenvalue weighted by Gasteiger charge is 2.36. The van der Waals surface area contributed by atoms with Crippen molar-refractivity contribution in [3.8, 4) is 5.69 Å². The van der Waals surface area contributed by atoms with Crippen LogP contribution in [-0.2, 0) is 4.79 Å². The maximum absolute atomic E-state index is 14.7. The first kappa shape index (κ1) is 25.1.